The quantitative estimate of drug-likeness (QED) is 0.498. The topological polar surface area (TPSA) is 92.7 Å². The predicted molar refractivity (Wildman–Crippen MR) is 121 cm³/mol. The molecule has 2 N–H and O–H groups in total. The molecule has 0 aliphatic rings. The monoisotopic (exact) mass is 419 g/mol. The maximum Gasteiger partial charge on any atom is 0.251 e. The number of fused-ring (bicyclic) bond motifs is 1. The zero-order valence-corrected chi connectivity index (χ0v) is 17.5. The highest BCUT2D eigenvalue weighted by molar-refractivity contribution is 7.97. The number of carbonyl (C=O) groups excluding carboxylic acids is 1. The number of hydrogen-bond acceptors (Lipinski definition) is 5. The van der Waals surface area contributed by atoms with Crippen molar-refractivity contribution in [1.82, 2.24) is 19.5 Å². The van der Waals surface area contributed by atoms with Crippen LogP contribution in [0.2, 0.25) is 0 Å². The molecule has 0 bridgehead atoms. The second kappa shape index (κ2) is 8.54. The summed E-state index contributed by atoms with van der Waals surface area (Å²) in [7, 11) is 0. The third kappa shape index (κ3) is 4.28. The molecule has 0 aliphatic carbocycles. The van der Waals surface area contributed by atoms with Crippen LogP contribution in [0.1, 0.15) is 11.5 Å². The lowest BCUT2D eigenvalue weighted by atomic mass is 10.2. The van der Waals surface area contributed by atoms with Gasteiger partial charge in [-0.3, -0.25) is 9.59 Å². The predicted octanol–water partition coefficient (Wildman–Crippen LogP) is 3.60. The summed E-state index contributed by atoms with van der Waals surface area (Å²) in [5, 5.41) is 2.94. The van der Waals surface area contributed by atoms with Gasteiger partial charge in [-0.05, 0) is 37.4 Å². The summed E-state index contributed by atoms with van der Waals surface area (Å²) in [5.41, 5.74) is 3.61. The van der Waals surface area contributed by atoms with Crippen molar-refractivity contribution in [1.29, 1.82) is 0 Å². The Kier molecular flexibility index (Phi) is 5.67. The van der Waals surface area contributed by atoms with Gasteiger partial charge in [-0.2, -0.15) is 11.8 Å². The fourth-order valence-electron chi connectivity index (χ4n) is 3.35. The molecule has 30 heavy (non-hydrogen) atoms. The Bertz CT molecular complexity index is 1280. The minimum Gasteiger partial charge on any atom is -0.325 e. The van der Waals surface area contributed by atoms with Gasteiger partial charge < -0.3 is 14.9 Å². The van der Waals surface area contributed by atoms with E-state index in [0.717, 1.165) is 28.2 Å². The zero-order valence-electron chi connectivity index (χ0n) is 16.7. The van der Waals surface area contributed by atoms with Crippen molar-refractivity contribution in [2.45, 2.75) is 19.2 Å². The largest absolute Gasteiger partial charge is 0.325 e. The van der Waals surface area contributed by atoms with Gasteiger partial charge >= 0.3 is 0 Å². The van der Waals surface area contributed by atoms with E-state index in [1.54, 1.807) is 24.8 Å². The van der Waals surface area contributed by atoms with E-state index < -0.39 is 0 Å². The number of imidazole rings is 1. The van der Waals surface area contributed by atoms with Gasteiger partial charge in [-0.25, -0.2) is 9.97 Å². The Morgan fingerprint density at radius 2 is 1.97 bits per heavy atom. The van der Waals surface area contributed by atoms with Crippen molar-refractivity contribution in [3.8, 4) is 11.4 Å². The molecule has 0 saturated heterocycles. The highest BCUT2D eigenvalue weighted by atomic mass is 32.2. The number of nitrogens with one attached hydrogen (secondary N) is 2. The van der Waals surface area contributed by atoms with E-state index in [0.29, 0.717) is 17.2 Å². The molecule has 4 aromatic rings. The number of benzene rings is 2. The molecule has 2 heterocycles. The van der Waals surface area contributed by atoms with Crippen LogP contribution in [-0.2, 0) is 17.1 Å². The standard InChI is InChI=1S/C22H21N5O2S/c1-14-10-20(28)26-22(23-14)15-6-5-7-16(11-15)24-21(29)12-27-18-9-4-3-8-17(18)25-19(27)13-30-2/h3-11H,12-13H2,1-2H3,(H,24,29)(H,23,26,28). The fourth-order valence-corrected chi connectivity index (χ4v) is 3.82. The SMILES string of the molecule is CSCc1nc2ccccc2n1CC(=O)Nc1cccc(-c2nc(C)cc(=O)[nH]2)c1. The van der Waals surface area contributed by atoms with Crippen molar-refractivity contribution in [2.24, 2.45) is 0 Å². The Morgan fingerprint density at radius 1 is 1.13 bits per heavy atom. The van der Waals surface area contributed by atoms with Crippen LogP contribution in [0, 0.1) is 6.92 Å². The molecule has 7 nitrogen and oxygen atoms in total. The van der Waals surface area contributed by atoms with E-state index in [-0.39, 0.29) is 18.0 Å². The van der Waals surface area contributed by atoms with Crippen LogP contribution in [-0.4, -0.2) is 31.7 Å². The average Bonchev–Trinajstić information content (AvgIpc) is 3.05. The van der Waals surface area contributed by atoms with Crippen LogP contribution >= 0.6 is 11.8 Å². The molecule has 0 fully saturated rings. The van der Waals surface area contributed by atoms with E-state index in [1.165, 1.54) is 6.07 Å². The summed E-state index contributed by atoms with van der Waals surface area (Å²) in [6, 6.07) is 16.5. The van der Waals surface area contributed by atoms with Crippen LogP contribution in [0.3, 0.4) is 0 Å². The number of H-pyrrole nitrogens is 1. The van der Waals surface area contributed by atoms with Gasteiger partial charge in [0.05, 0.1) is 16.8 Å². The smallest absolute Gasteiger partial charge is 0.251 e. The first-order chi connectivity index (χ1) is 14.5. The van der Waals surface area contributed by atoms with E-state index >= 15 is 0 Å². The number of aromatic amines is 1. The molecule has 2 aromatic heterocycles. The molecular weight excluding hydrogens is 398 g/mol. The molecule has 0 atom stereocenters. The van der Waals surface area contributed by atoms with Crippen LogP contribution in [0.5, 0.6) is 0 Å². The van der Waals surface area contributed by atoms with Gasteiger partial charge in [-0.1, -0.05) is 24.3 Å². The number of para-hydroxylation sites is 2. The third-order valence-electron chi connectivity index (χ3n) is 4.60. The molecule has 0 saturated carbocycles. The maximum absolute atomic E-state index is 12.8. The lowest BCUT2D eigenvalue weighted by molar-refractivity contribution is -0.116. The molecular formula is C22H21N5O2S. The van der Waals surface area contributed by atoms with Crippen LogP contribution < -0.4 is 10.9 Å². The Balaban J connectivity index is 1.57. The zero-order chi connectivity index (χ0) is 21.1. The van der Waals surface area contributed by atoms with Crippen molar-refractivity contribution in [2.75, 3.05) is 11.6 Å². The first-order valence-corrected chi connectivity index (χ1v) is 10.8. The second-order valence-electron chi connectivity index (χ2n) is 6.90. The number of rotatable bonds is 6. The molecule has 0 radical (unpaired) electrons. The number of anilines is 1. The molecule has 8 heteroatoms. The maximum atomic E-state index is 12.8. The lowest BCUT2D eigenvalue weighted by Gasteiger charge is -2.11. The van der Waals surface area contributed by atoms with Crippen molar-refractivity contribution >= 4 is 34.4 Å². The third-order valence-corrected chi connectivity index (χ3v) is 5.15. The van der Waals surface area contributed by atoms with Crippen molar-refractivity contribution in [3.05, 3.63) is 76.5 Å². The molecule has 0 unspecified atom stereocenters. The fraction of sp³-hybridized carbons (Fsp3) is 0.182. The Labute approximate surface area is 177 Å². The summed E-state index contributed by atoms with van der Waals surface area (Å²) in [5.74, 6) is 1.92. The van der Waals surface area contributed by atoms with E-state index in [1.807, 2.05) is 53.3 Å². The Morgan fingerprint density at radius 3 is 2.77 bits per heavy atom. The number of aryl methyl sites for hydroxylation is 1. The number of carbonyl (C=O) groups is 1. The summed E-state index contributed by atoms with van der Waals surface area (Å²) in [6.45, 7) is 1.94. The highest BCUT2D eigenvalue weighted by Gasteiger charge is 2.14. The van der Waals surface area contributed by atoms with E-state index in [2.05, 4.69) is 20.3 Å². The number of aromatic nitrogens is 4. The summed E-state index contributed by atoms with van der Waals surface area (Å²) >= 11 is 1.67. The Hall–Kier alpha value is -3.39. The molecule has 0 spiro atoms. The van der Waals surface area contributed by atoms with Crippen LogP contribution in [0.15, 0.2) is 59.4 Å². The summed E-state index contributed by atoms with van der Waals surface area (Å²) in [4.78, 5) is 36.3. The van der Waals surface area contributed by atoms with Gasteiger partial charge in [0, 0.05) is 23.0 Å². The molecule has 0 aliphatic heterocycles. The number of nitrogens with zero attached hydrogens (tertiary/aromatic N) is 3. The van der Waals surface area contributed by atoms with Crippen molar-refractivity contribution in [3.63, 3.8) is 0 Å². The van der Waals surface area contributed by atoms with Gasteiger partial charge in [0.15, 0.2) is 0 Å². The van der Waals surface area contributed by atoms with E-state index in [4.69, 9.17) is 0 Å². The lowest BCUT2D eigenvalue weighted by Crippen LogP contribution is -2.20. The average molecular weight is 420 g/mol. The number of hydrogen-bond donors (Lipinski definition) is 2. The summed E-state index contributed by atoms with van der Waals surface area (Å²) < 4.78 is 1.95. The first kappa shape index (κ1) is 19.9. The summed E-state index contributed by atoms with van der Waals surface area (Å²) in [6.07, 6.45) is 2.01. The second-order valence-corrected chi connectivity index (χ2v) is 7.77. The van der Waals surface area contributed by atoms with Crippen LogP contribution in [0.25, 0.3) is 22.4 Å². The molecule has 4 rings (SSSR count). The number of thioether (sulfide) groups is 1. The minimum atomic E-state index is -0.208. The first-order valence-electron chi connectivity index (χ1n) is 9.45. The molecule has 1 amide bonds. The van der Waals surface area contributed by atoms with Gasteiger partial charge in [-0.15, -0.1) is 0 Å². The normalized spacial score (nSPS) is 11.0. The van der Waals surface area contributed by atoms with E-state index in [9.17, 15) is 9.59 Å². The highest BCUT2D eigenvalue weighted by Crippen LogP contribution is 2.21. The number of amides is 1. The van der Waals surface area contributed by atoms with Crippen LogP contribution in [0.4, 0.5) is 5.69 Å². The van der Waals surface area contributed by atoms with Crippen molar-refractivity contribution < 1.29 is 4.79 Å². The molecule has 152 valence electrons. The minimum absolute atomic E-state index is 0.150. The van der Waals surface area contributed by atoms with Gasteiger partial charge in [0.2, 0.25) is 5.91 Å². The van der Waals surface area contributed by atoms with Gasteiger partial charge in [0.25, 0.3) is 5.56 Å². The van der Waals surface area contributed by atoms with Gasteiger partial charge in [0.1, 0.15) is 18.2 Å². The molecule has 2 aromatic carbocycles.